The number of hydrogen-bond acceptors (Lipinski definition) is 3. The first-order valence-corrected chi connectivity index (χ1v) is 7.91. The Morgan fingerprint density at radius 1 is 1.43 bits per heavy atom. The van der Waals surface area contributed by atoms with Crippen molar-refractivity contribution in [2.24, 2.45) is 0 Å². The fourth-order valence-electron chi connectivity index (χ4n) is 2.70. The molecule has 1 unspecified atom stereocenters. The smallest absolute Gasteiger partial charge is 0.221 e. The predicted molar refractivity (Wildman–Crippen MR) is 85.6 cm³/mol. The average molecular weight is 290 g/mol. The largest absolute Gasteiger partial charge is 0.384 e. The Morgan fingerprint density at radius 2 is 2.29 bits per heavy atom. The molecule has 1 amide bonds. The van der Waals surface area contributed by atoms with Crippen LogP contribution in [0.15, 0.2) is 18.2 Å². The molecule has 1 atom stereocenters. The third-order valence-electron chi connectivity index (χ3n) is 3.94. The first kappa shape index (κ1) is 15.8. The molecule has 2 rings (SSSR count). The Labute approximate surface area is 127 Å². The van der Waals surface area contributed by atoms with E-state index in [0.29, 0.717) is 19.5 Å². The van der Waals surface area contributed by atoms with Gasteiger partial charge in [-0.05, 0) is 37.3 Å². The number of benzene rings is 1. The van der Waals surface area contributed by atoms with E-state index in [1.165, 1.54) is 16.8 Å². The molecule has 4 heteroatoms. The van der Waals surface area contributed by atoms with Crippen molar-refractivity contribution in [3.63, 3.8) is 0 Å². The summed E-state index contributed by atoms with van der Waals surface area (Å²) in [5.41, 5.74) is 3.70. The van der Waals surface area contributed by atoms with Gasteiger partial charge < -0.3 is 15.4 Å². The van der Waals surface area contributed by atoms with E-state index in [1.807, 2.05) is 0 Å². The second-order valence-corrected chi connectivity index (χ2v) is 5.58. The van der Waals surface area contributed by atoms with E-state index in [1.54, 1.807) is 0 Å². The Bertz CT molecular complexity index is 468. The molecule has 0 bridgehead atoms. The molecule has 21 heavy (non-hydrogen) atoms. The van der Waals surface area contributed by atoms with E-state index < -0.39 is 0 Å². The molecule has 2 N–H and O–H groups in total. The van der Waals surface area contributed by atoms with E-state index in [0.717, 1.165) is 25.9 Å². The summed E-state index contributed by atoms with van der Waals surface area (Å²) in [7, 11) is 0. The summed E-state index contributed by atoms with van der Waals surface area (Å²) >= 11 is 0. The Kier molecular flexibility index (Phi) is 6.05. The molecule has 116 valence electrons. The number of amides is 1. The summed E-state index contributed by atoms with van der Waals surface area (Å²) in [5, 5.41) is 6.35. The van der Waals surface area contributed by atoms with Crippen LogP contribution in [0, 0.1) is 6.92 Å². The van der Waals surface area contributed by atoms with Gasteiger partial charge in [0.05, 0.1) is 6.10 Å². The van der Waals surface area contributed by atoms with E-state index in [4.69, 9.17) is 4.74 Å². The van der Waals surface area contributed by atoms with Gasteiger partial charge in [0.2, 0.25) is 5.91 Å². The molecule has 1 aromatic rings. The monoisotopic (exact) mass is 290 g/mol. The number of hydrogen-bond donors (Lipinski definition) is 2. The molecule has 4 nitrogen and oxygen atoms in total. The number of nitrogens with one attached hydrogen (secondary N) is 2. The minimum Gasteiger partial charge on any atom is -0.384 e. The molecule has 1 saturated heterocycles. The summed E-state index contributed by atoms with van der Waals surface area (Å²) in [6.07, 6.45) is 3.86. The fraction of sp³-hybridized carbons (Fsp3) is 0.588. The maximum absolute atomic E-state index is 11.8. The zero-order valence-corrected chi connectivity index (χ0v) is 13.1. The van der Waals surface area contributed by atoms with Crippen LogP contribution in [0.5, 0.6) is 0 Å². The van der Waals surface area contributed by atoms with Crippen LogP contribution in [0.4, 0.5) is 5.69 Å². The van der Waals surface area contributed by atoms with Gasteiger partial charge in [-0.2, -0.15) is 0 Å². The molecular weight excluding hydrogens is 264 g/mol. The minimum absolute atomic E-state index is 0.0876. The molecule has 0 radical (unpaired) electrons. The van der Waals surface area contributed by atoms with Gasteiger partial charge in [-0.1, -0.05) is 25.1 Å². The van der Waals surface area contributed by atoms with Crippen LogP contribution < -0.4 is 10.6 Å². The molecule has 0 aromatic heterocycles. The molecule has 1 heterocycles. The lowest BCUT2D eigenvalue weighted by Crippen LogP contribution is -2.32. The van der Waals surface area contributed by atoms with Gasteiger partial charge in [-0.25, -0.2) is 0 Å². The van der Waals surface area contributed by atoms with E-state index >= 15 is 0 Å². The lowest BCUT2D eigenvalue weighted by atomic mass is 10.1. The van der Waals surface area contributed by atoms with Crippen molar-refractivity contribution in [1.29, 1.82) is 0 Å². The molecule has 1 aliphatic rings. The summed E-state index contributed by atoms with van der Waals surface area (Å²) < 4.78 is 5.49. The fourth-order valence-corrected chi connectivity index (χ4v) is 2.70. The number of aryl methyl sites for hydroxylation is 2. The molecular formula is C17H26N2O2. The zero-order valence-electron chi connectivity index (χ0n) is 13.1. The maximum atomic E-state index is 11.8. The van der Waals surface area contributed by atoms with Gasteiger partial charge in [0, 0.05) is 31.8 Å². The molecule has 0 spiro atoms. The molecule has 1 fully saturated rings. The van der Waals surface area contributed by atoms with Crippen molar-refractivity contribution in [2.75, 3.05) is 25.0 Å². The van der Waals surface area contributed by atoms with Crippen LogP contribution in [0.1, 0.15) is 37.3 Å². The second-order valence-electron chi connectivity index (χ2n) is 5.58. The Balaban J connectivity index is 1.72. The van der Waals surface area contributed by atoms with Crippen LogP contribution >= 0.6 is 0 Å². The van der Waals surface area contributed by atoms with E-state index in [2.05, 4.69) is 42.7 Å². The summed E-state index contributed by atoms with van der Waals surface area (Å²) in [6.45, 7) is 6.38. The maximum Gasteiger partial charge on any atom is 0.221 e. The average Bonchev–Trinajstić information content (AvgIpc) is 3.00. The molecule has 0 saturated carbocycles. The Morgan fingerprint density at radius 3 is 3.00 bits per heavy atom. The van der Waals surface area contributed by atoms with Gasteiger partial charge in [-0.15, -0.1) is 0 Å². The van der Waals surface area contributed by atoms with Crippen LogP contribution in [0.3, 0.4) is 0 Å². The highest BCUT2D eigenvalue weighted by Crippen LogP contribution is 2.20. The van der Waals surface area contributed by atoms with E-state index in [9.17, 15) is 4.79 Å². The normalized spacial score (nSPS) is 17.7. The topological polar surface area (TPSA) is 50.4 Å². The van der Waals surface area contributed by atoms with Crippen molar-refractivity contribution in [2.45, 2.75) is 45.6 Å². The number of ether oxygens (including phenoxy) is 1. The quantitative estimate of drug-likeness (QED) is 0.811. The van der Waals surface area contributed by atoms with Crippen molar-refractivity contribution < 1.29 is 9.53 Å². The number of carbonyl (C=O) groups excluding carboxylic acids is 1. The first-order valence-electron chi connectivity index (χ1n) is 7.91. The number of rotatable bonds is 7. The van der Waals surface area contributed by atoms with Crippen LogP contribution in [0.25, 0.3) is 0 Å². The highest BCUT2D eigenvalue weighted by Gasteiger charge is 2.15. The third kappa shape index (κ3) is 4.74. The molecule has 1 aliphatic heterocycles. The Hall–Kier alpha value is -1.55. The summed E-state index contributed by atoms with van der Waals surface area (Å²) in [5.74, 6) is 0.0876. The molecule has 0 aliphatic carbocycles. The highest BCUT2D eigenvalue weighted by molar-refractivity contribution is 5.76. The number of anilines is 1. The van der Waals surface area contributed by atoms with Gasteiger partial charge in [0.25, 0.3) is 0 Å². The summed E-state index contributed by atoms with van der Waals surface area (Å²) in [4.78, 5) is 11.8. The van der Waals surface area contributed by atoms with Crippen molar-refractivity contribution in [3.8, 4) is 0 Å². The lowest BCUT2D eigenvalue weighted by molar-refractivity contribution is -0.121. The number of carbonyl (C=O) groups is 1. The predicted octanol–water partition coefficient (Wildman–Crippen LogP) is 2.65. The number of para-hydroxylation sites is 1. The van der Waals surface area contributed by atoms with E-state index in [-0.39, 0.29) is 12.0 Å². The zero-order chi connectivity index (χ0) is 15.1. The van der Waals surface area contributed by atoms with Gasteiger partial charge in [0.15, 0.2) is 0 Å². The third-order valence-corrected chi connectivity index (χ3v) is 3.94. The van der Waals surface area contributed by atoms with Gasteiger partial charge in [-0.3, -0.25) is 4.79 Å². The van der Waals surface area contributed by atoms with Crippen molar-refractivity contribution >= 4 is 11.6 Å². The first-order chi connectivity index (χ1) is 10.2. The minimum atomic E-state index is 0.0876. The van der Waals surface area contributed by atoms with Crippen LogP contribution in [-0.2, 0) is 16.0 Å². The molecule has 1 aromatic carbocycles. The second kappa shape index (κ2) is 8.03. The SMILES string of the molecule is CCc1cccc(C)c1NCCC(=O)NCC1CCCO1. The van der Waals surface area contributed by atoms with Gasteiger partial charge >= 0.3 is 0 Å². The lowest BCUT2D eigenvalue weighted by Gasteiger charge is -2.14. The van der Waals surface area contributed by atoms with Crippen LogP contribution in [-0.4, -0.2) is 31.7 Å². The standard InChI is InChI=1S/C17H26N2O2/c1-3-14-7-4-6-13(2)17(14)18-10-9-16(20)19-12-15-8-5-11-21-15/h4,6-7,15,18H,3,5,8-12H2,1-2H3,(H,19,20). The highest BCUT2D eigenvalue weighted by atomic mass is 16.5. The van der Waals surface area contributed by atoms with Crippen molar-refractivity contribution in [1.82, 2.24) is 5.32 Å². The van der Waals surface area contributed by atoms with Gasteiger partial charge in [0.1, 0.15) is 0 Å². The van der Waals surface area contributed by atoms with Crippen LogP contribution in [0.2, 0.25) is 0 Å². The summed E-state index contributed by atoms with van der Waals surface area (Å²) in [6, 6.07) is 6.31. The van der Waals surface area contributed by atoms with Crippen molar-refractivity contribution in [3.05, 3.63) is 29.3 Å².